The number of rotatable bonds is 7. The summed E-state index contributed by atoms with van der Waals surface area (Å²) in [5.41, 5.74) is 0. The third-order valence-electron chi connectivity index (χ3n) is 3.89. The van der Waals surface area contributed by atoms with Crippen LogP contribution in [0.25, 0.3) is 0 Å². The Morgan fingerprint density at radius 2 is 2.00 bits per heavy atom. The van der Waals surface area contributed by atoms with Gasteiger partial charge in [0.1, 0.15) is 0 Å². The van der Waals surface area contributed by atoms with E-state index in [1.807, 2.05) is 11.8 Å². The highest BCUT2D eigenvalue weighted by Gasteiger charge is 2.26. The summed E-state index contributed by atoms with van der Waals surface area (Å²) in [7, 11) is 0. The van der Waals surface area contributed by atoms with Crippen molar-refractivity contribution in [2.45, 2.75) is 58.9 Å². The molecule has 0 spiro atoms. The van der Waals surface area contributed by atoms with E-state index in [2.05, 4.69) is 19.2 Å². The summed E-state index contributed by atoms with van der Waals surface area (Å²) in [6.45, 7) is 7.84. The maximum atomic E-state index is 12.1. The summed E-state index contributed by atoms with van der Waals surface area (Å²) >= 11 is 0. The Balaban J connectivity index is 2.25. The Morgan fingerprint density at radius 3 is 2.60 bits per heavy atom. The highest BCUT2D eigenvalue weighted by Crippen LogP contribution is 2.21. The van der Waals surface area contributed by atoms with Gasteiger partial charge in [-0.3, -0.25) is 4.79 Å². The molecule has 1 fully saturated rings. The predicted octanol–water partition coefficient (Wildman–Crippen LogP) is 2.71. The molecule has 2 unspecified atom stereocenters. The average molecular weight is 284 g/mol. The van der Waals surface area contributed by atoms with Crippen molar-refractivity contribution in [1.82, 2.24) is 10.2 Å². The number of carboxylic acid groups (broad SMARTS) is 1. The van der Waals surface area contributed by atoms with Crippen molar-refractivity contribution in [1.29, 1.82) is 0 Å². The zero-order valence-corrected chi connectivity index (χ0v) is 12.9. The Kier molecular flexibility index (Phi) is 6.82. The third-order valence-corrected chi connectivity index (χ3v) is 3.89. The van der Waals surface area contributed by atoms with E-state index >= 15 is 0 Å². The van der Waals surface area contributed by atoms with Gasteiger partial charge >= 0.3 is 12.0 Å². The summed E-state index contributed by atoms with van der Waals surface area (Å²) in [6.07, 6.45) is 3.90. The number of likely N-dealkylation sites (tertiary alicyclic amines) is 1. The van der Waals surface area contributed by atoms with Crippen molar-refractivity contribution < 1.29 is 14.7 Å². The fraction of sp³-hybridized carbons (Fsp3) is 0.867. The minimum atomic E-state index is -0.754. The number of carbonyl (C=O) groups is 2. The lowest BCUT2D eigenvalue weighted by Crippen LogP contribution is -2.42. The molecule has 1 rings (SSSR count). The van der Waals surface area contributed by atoms with E-state index in [0.717, 1.165) is 25.8 Å². The molecule has 2 N–H and O–H groups in total. The van der Waals surface area contributed by atoms with Crippen LogP contribution in [0.5, 0.6) is 0 Å². The summed E-state index contributed by atoms with van der Waals surface area (Å²) in [4.78, 5) is 24.5. The van der Waals surface area contributed by atoms with Crippen LogP contribution in [-0.2, 0) is 4.79 Å². The summed E-state index contributed by atoms with van der Waals surface area (Å²) in [5, 5.41) is 11.7. The standard InChI is InChI=1S/C15H28N2O3/c1-11(2)4-5-12(3)16-15(20)17-9-8-13(10-17)6-7-14(18)19/h11-13H,4-10H2,1-3H3,(H,16,20)(H,18,19). The van der Waals surface area contributed by atoms with Gasteiger partial charge in [0.15, 0.2) is 0 Å². The molecule has 0 bridgehead atoms. The van der Waals surface area contributed by atoms with Gasteiger partial charge in [0.05, 0.1) is 0 Å². The number of urea groups is 1. The first kappa shape index (κ1) is 16.8. The van der Waals surface area contributed by atoms with E-state index in [1.54, 1.807) is 0 Å². The van der Waals surface area contributed by atoms with Gasteiger partial charge in [-0.15, -0.1) is 0 Å². The van der Waals surface area contributed by atoms with Gasteiger partial charge in [-0.1, -0.05) is 13.8 Å². The van der Waals surface area contributed by atoms with Gasteiger partial charge in [-0.05, 0) is 44.4 Å². The number of carboxylic acids is 1. The molecule has 0 saturated carbocycles. The minimum Gasteiger partial charge on any atom is -0.481 e. The van der Waals surface area contributed by atoms with Crippen molar-refractivity contribution in [2.75, 3.05) is 13.1 Å². The van der Waals surface area contributed by atoms with E-state index in [-0.39, 0.29) is 18.5 Å². The molecule has 5 heteroatoms. The number of hydrogen-bond acceptors (Lipinski definition) is 2. The number of amides is 2. The van der Waals surface area contributed by atoms with Gasteiger partial charge in [0.2, 0.25) is 0 Å². The van der Waals surface area contributed by atoms with Gasteiger partial charge in [0.25, 0.3) is 0 Å². The number of hydrogen-bond donors (Lipinski definition) is 2. The number of aliphatic carboxylic acids is 1. The lowest BCUT2D eigenvalue weighted by atomic mass is 10.0. The first-order valence-corrected chi connectivity index (χ1v) is 7.65. The fourth-order valence-electron chi connectivity index (χ4n) is 2.54. The Labute approximate surface area is 121 Å². The van der Waals surface area contributed by atoms with Crippen LogP contribution >= 0.6 is 0 Å². The lowest BCUT2D eigenvalue weighted by molar-refractivity contribution is -0.137. The summed E-state index contributed by atoms with van der Waals surface area (Å²) in [6, 6.07) is 0.196. The molecule has 0 aliphatic carbocycles. The van der Waals surface area contributed by atoms with E-state index in [4.69, 9.17) is 5.11 Å². The zero-order valence-electron chi connectivity index (χ0n) is 12.9. The van der Waals surface area contributed by atoms with Crippen LogP contribution in [0.2, 0.25) is 0 Å². The first-order chi connectivity index (χ1) is 9.38. The molecule has 0 aromatic heterocycles. The number of nitrogens with one attached hydrogen (secondary N) is 1. The maximum Gasteiger partial charge on any atom is 0.317 e. The van der Waals surface area contributed by atoms with E-state index in [0.29, 0.717) is 24.8 Å². The van der Waals surface area contributed by atoms with E-state index < -0.39 is 5.97 Å². The Morgan fingerprint density at radius 1 is 1.30 bits per heavy atom. The SMILES string of the molecule is CC(C)CCC(C)NC(=O)N1CCC(CCC(=O)O)C1. The van der Waals surface area contributed by atoms with E-state index in [9.17, 15) is 9.59 Å². The van der Waals surface area contributed by atoms with Crippen molar-refractivity contribution >= 4 is 12.0 Å². The van der Waals surface area contributed by atoms with Crippen molar-refractivity contribution in [3.05, 3.63) is 0 Å². The zero-order chi connectivity index (χ0) is 15.1. The molecule has 1 heterocycles. The normalized spacial score (nSPS) is 20.2. The molecular formula is C15H28N2O3. The van der Waals surface area contributed by atoms with Crippen LogP contribution in [0.1, 0.15) is 52.9 Å². The molecule has 116 valence electrons. The van der Waals surface area contributed by atoms with Crippen LogP contribution in [0.4, 0.5) is 4.79 Å². The molecule has 1 aliphatic heterocycles. The van der Waals surface area contributed by atoms with Crippen molar-refractivity contribution in [2.24, 2.45) is 11.8 Å². The molecule has 2 amide bonds. The number of carbonyl (C=O) groups excluding carboxylic acids is 1. The van der Waals surface area contributed by atoms with E-state index in [1.165, 1.54) is 0 Å². The monoisotopic (exact) mass is 284 g/mol. The van der Waals surface area contributed by atoms with Crippen LogP contribution in [0.3, 0.4) is 0 Å². The third kappa shape index (κ3) is 6.26. The molecule has 1 aliphatic rings. The highest BCUT2D eigenvalue weighted by atomic mass is 16.4. The van der Waals surface area contributed by atoms with Gasteiger partial charge in [0, 0.05) is 25.6 Å². The van der Waals surface area contributed by atoms with Crippen molar-refractivity contribution in [3.63, 3.8) is 0 Å². The topological polar surface area (TPSA) is 69.6 Å². The average Bonchev–Trinajstić information content (AvgIpc) is 2.82. The molecule has 5 nitrogen and oxygen atoms in total. The van der Waals surface area contributed by atoms with Gasteiger partial charge in [-0.25, -0.2) is 4.79 Å². The molecule has 0 radical (unpaired) electrons. The molecule has 2 atom stereocenters. The van der Waals surface area contributed by atoms with Crippen LogP contribution in [0.15, 0.2) is 0 Å². The largest absolute Gasteiger partial charge is 0.481 e. The second-order valence-corrected chi connectivity index (χ2v) is 6.35. The van der Waals surface area contributed by atoms with Crippen LogP contribution in [0, 0.1) is 11.8 Å². The van der Waals surface area contributed by atoms with Crippen LogP contribution in [-0.4, -0.2) is 41.1 Å². The minimum absolute atomic E-state index is 0.000851. The molecular weight excluding hydrogens is 256 g/mol. The molecule has 20 heavy (non-hydrogen) atoms. The Hall–Kier alpha value is -1.26. The van der Waals surface area contributed by atoms with Gasteiger partial charge in [-0.2, -0.15) is 0 Å². The highest BCUT2D eigenvalue weighted by molar-refractivity contribution is 5.74. The molecule has 0 aromatic carbocycles. The first-order valence-electron chi connectivity index (χ1n) is 7.65. The molecule has 0 aromatic rings. The van der Waals surface area contributed by atoms with Gasteiger partial charge < -0.3 is 15.3 Å². The van der Waals surface area contributed by atoms with Crippen LogP contribution < -0.4 is 5.32 Å². The second kappa shape index (κ2) is 8.12. The second-order valence-electron chi connectivity index (χ2n) is 6.35. The lowest BCUT2D eigenvalue weighted by Gasteiger charge is -2.21. The number of nitrogens with zero attached hydrogens (tertiary/aromatic N) is 1. The predicted molar refractivity (Wildman–Crippen MR) is 78.6 cm³/mol. The Bertz CT molecular complexity index is 331. The summed E-state index contributed by atoms with van der Waals surface area (Å²) in [5.74, 6) is 0.236. The summed E-state index contributed by atoms with van der Waals surface area (Å²) < 4.78 is 0. The maximum absolute atomic E-state index is 12.1. The van der Waals surface area contributed by atoms with Crippen molar-refractivity contribution in [3.8, 4) is 0 Å². The molecule has 1 saturated heterocycles. The quantitative estimate of drug-likeness (QED) is 0.755. The fourth-order valence-corrected chi connectivity index (χ4v) is 2.54. The smallest absolute Gasteiger partial charge is 0.317 e.